The maximum atomic E-state index is 12.3. The summed E-state index contributed by atoms with van der Waals surface area (Å²) in [5, 5.41) is 22.8. The second-order valence-corrected chi connectivity index (χ2v) is 7.73. The van der Waals surface area contributed by atoms with Crippen LogP contribution in [0.4, 0.5) is 11.4 Å². The number of thioether (sulfide) groups is 1. The van der Waals surface area contributed by atoms with Gasteiger partial charge in [-0.25, -0.2) is 0 Å². The summed E-state index contributed by atoms with van der Waals surface area (Å²) >= 11 is 1.42. The van der Waals surface area contributed by atoms with Crippen molar-refractivity contribution in [3.05, 3.63) is 89.2 Å². The van der Waals surface area contributed by atoms with Crippen LogP contribution < -0.4 is 5.32 Å². The van der Waals surface area contributed by atoms with Crippen molar-refractivity contribution in [1.29, 1.82) is 0 Å². The van der Waals surface area contributed by atoms with E-state index in [4.69, 9.17) is 0 Å². The molecule has 0 spiro atoms. The number of nitro benzene ring substituents is 1. The summed E-state index contributed by atoms with van der Waals surface area (Å²) in [5.41, 5.74) is 2.24. The number of nitro groups is 1. The van der Waals surface area contributed by atoms with E-state index in [1.165, 1.54) is 36.0 Å². The number of non-ortho nitro benzene ring substituents is 1. The first-order chi connectivity index (χ1) is 15.6. The van der Waals surface area contributed by atoms with Gasteiger partial charge in [0.25, 0.3) is 5.69 Å². The van der Waals surface area contributed by atoms with Gasteiger partial charge in [0.05, 0.1) is 4.92 Å². The van der Waals surface area contributed by atoms with Crippen molar-refractivity contribution in [1.82, 2.24) is 19.7 Å². The first-order valence-electron chi connectivity index (χ1n) is 9.70. The van der Waals surface area contributed by atoms with Crippen molar-refractivity contribution in [3.8, 4) is 17.1 Å². The summed E-state index contributed by atoms with van der Waals surface area (Å²) in [6, 6.07) is 19.2. The van der Waals surface area contributed by atoms with Crippen molar-refractivity contribution >= 4 is 29.0 Å². The number of carbonyl (C=O) groups is 1. The van der Waals surface area contributed by atoms with Gasteiger partial charge in [0.2, 0.25) is 5.91 Å². The molecule has 32 heavy (non-hydrogen) atoms. The molecule has 1 amide bonds. The van der Waals surface area contributed by atoms with Crippen LogP contribution in [0.15, 0.2) is 84.3 Å². The molecule has 2 aromatic carbocycles. The van der Waals surface area contributed by atoms with Crippen molar-refractivity contribution < 1.29 is 9.72 Å². The van der Waals surface area contributed by atoms with Gasteiger partial charge in [0.1, 0.15) is 0 Å². The van der Waals surface area contributed by atoms with Crippen molar-refractivity contribution in [2.75, 3.05) is 11.1 Å². The largest absolute Gasteiger partial charge is 0.326 e. The number of aromatic nitrogens is 4. The topological polar surface area (TPSA) is 116 Å². The predicted molar refractivity (Wildman–Crippen MR) is 122 cm³/mol. The number of benzene rings is 2. The van der Waals surface area contributed by atoms with Gasteiger partial charge >= 0.3 is 0 Å². The van der Waals surface area contributed by atoms with E-state index in [9.17, 15) is 14.9 Å². The van der Waals surface area contributed by atoms with Crippen molar-refractivity contribution in [3.63, 3.8) is 0 Å². The molecule has 0 saturated heterocycles. The Kier molecular flexibility index (Phi) is 6.52. The quantitative estimate of drug-likeness (QED) is 0.243. The van der Waals surface area contributed by atoms with Crippen LogP contribution in [-0.2, 0) is 4.79 Å². The lowest BCUT2D eigenvalue weighted by Gasteiger charge is -2.10. The Bertz CT molecular complexity index is 1210. The van der Waals surface area contributed by atoms with E-state index in [0.717, 1.165) is 11.3 Å². The number of anilines is 1. The molecule has 10 heteroatoms. The van der Waals surface area contributed by atoms with E-state index < -0.39 is 4.92 Å². The zero-order chi connectivity index (χ0) is 22.3. The molecule has 2 heterocycles. The molecule has 0 bridgehead atoms. The molecular weight excluding hydrogens is 428 g/mol. The lowest BCUT2D eigenvalue weighted by Crippen LogP contribution is -2.12. The highest BCUT2D eigenvalue weighted by Crippen LogP contribution is 2.28. The average molecular weight is 446 g/mol. The summed E-state index contributed by atoms with van der Waals surface area (Å²) in [4.78, 5) is 26.7. The van der Waals surface area contributed by atoms with Gasteiger partial charge in [-0.3, -0.25) is 24.5 Å². The Morgan fingerprint density at radius 1 is 1.03 bits per heavy atom. The van der Waals surface area contributed by atoms with Gasteiger partial charge in [-0.05, 0) is 36.4 Å². The number of nitrogens with one attached hydrogen (secondary N) is 1. The number of para-hydroxylation sites is 1. The second-order valence-electron chi connectivity index (χ2n) is 6.67. The summed E-state index contributed by atoms with van der Waals surface area (Å²) in [5.74, 6) is 0.961. The standard InChI is InChI=1S/C22H18N6O3S/c29-20(24-17-8-10-19(11-9-17)28(30)31)12-14-32-22-26-25-21(16-5-4-13-23-15-16)27(22)18-6-2-1-3-7-18/h1-11,13,15H,12,14H2,(H,24,29). The van der Waals surface area contributed by atoms with Gasteiger partial charge in [0, 0.05) is 53.6 Å². The van der Waals surface area contributed by atoms with Crippen LogP contribution in [0.25, 0.3) is 17.1 Å². The molecule has 0 unspecified atom stereocenters. The molecule has 0 fully saturated rings. The van der Waals surface area contributed by atoms with E-state index in [0.29, 0.717) is 22.4 Å². The molecule has 0 aliphatic heterocycles. The number of carbonyl (C=O) groups excluding carboxylic acids is 1. The van der Waals surface area contributed by atoms with Gasteiger partial charge < -0.3 is 5.32 Å². The zero-order valence-corrected chi connectivity index (χ0v) is 17.6. The fourth-order valence-corrected chi connectivity index (χ4v) is 3.87. The fraction of sp³-hybridized carbons (Fsp3) is 0.0909. The van der Waals surface area contributed by atoms with Crippen LogP contribution in [-0.4, -0.2) is 36.3 Å². The molecule has 160 valence electrons. The summed E-state index contributed by atoms with van der Waals surface area (Å²) in [7, 11) is 0. The van der Waals surface area contributed by atoms with E-state index >= 15 is 0 Å². The van der Waals surface area contributed by atoms with Crippen LogP contribution in [0.5, 0.6) is 0 Å². The third kappa shape index (κ3) is 4.98. The highest BCUT2D eigenvalue weighted by molar-refractivity contribution is 7.99. The van der Waals surface area contributed by atoms with Crippen LogP contribution in [0, 0.1) is 10.1 Å². The Balaban J connectivity index is 1.45. The monoisotopic (exact) mass is 446 g/mol. The number of pyridine rings is 1. The van der Waals surface area contributed by atoms with Gasteiger partial charge in [-0.1, -0.05) is 30.0 Å². The van der Waals surface area contributed by atoms with E-state index in [-0.39, 0.29) is 18.0 Å². The van der Waals surface area contributed by atoms with Crippen molar-refractivity contribution in [2.24, 2.45) is 0 Å². The summed E-state index contributed by atoms with van der Waals surface area (Å²) < 4.78 is 1.94. The van der Waals surface area contributed by atoms with Gasteiger partial charge in [-0.2, -0.15) is 0 Å². The van der Waals surface area contributed by atoms with Gasteiger partial charge in [-0.15, -0.1) is 10.2 Å². The molecule has 4 aromatic rings. The molecule has 1 N–H and O–H groups in total. The summed E-state index contributed by atoms with van der Waals surface area (Å²) in [6.07, 6.45) is 3.67. The third-order valence-electron chi connectivity index (χ3n) is 4.49. The van der Waals surface area contributed by atoms with Crippen molar-refractivity contribution in [2.45, 2.75) is 11.6 Å². The molecule has 2 aromatic heterocycles. The minimum atomic E-state index is -0.481. The Hall–Kier alpha value is -4.05. The second kappa shape index (κ2) is 9.84. The summed E-state index contributed by atoms with van der Waals surface area (Å²) in [6.45, 7) is 0. The molecule has 9 nitrogen and oxygen atoms in total. The fourth-order valence-electron chi connectivity index (χ4n) is 2.98. The number of hydrogen-bond donors (Lipinski definition) is 1. The van der Waals surface area contributed by atoms with E-state index in [1.54, 1.807) is 12.4 Å². The SMILES string of the molecule is O=C(CCSc1nnc(-c2cccnc2)n1-c1ccccc1)Nc1ccc([N+](=O)[O-])cc1. The number of rotatable bonds is 8. The van der Waals surface area contributed by atoms with E-state index in [1.807, 2.05) is 47.0 Å². The minimum absolute atomic E-state index is 0.0248. The average Bonchev–Trinajstić information content (AvgIpc) is 3.24. The minimum Gasteiger partial charge on any atom is -0.326 e. The lowest BCUT2D eigenvalue weighted by atomic mass is 10.2. The smallest absolute Gasteiger partial charge is 0.269 e. The van der Waals surface area contributed by atoms with E-state index in [2.05, 4.69) is 20.5 Å². The van der Waals surface area contributed by atoms with Crippen LogP contribution >= 0.6 is 11.8 Å². The van der Waals surface area contributed by atoms with Crippen LogP contribution in [0.1, 0.15) is 6.42 Å². The highest BCUT2D eigenvalue weighted by atomic mass is 32.2. The zero-order valence-electron chi connectivity index (χ0n) is 16.8. The molecular formula is C22H18N6O3S. The molecule has 0 saturated carbocycles. The normalized spacial score (nSPS) is 10.6. The molecule has 0 atom stereocenters. The Morgan fingerprint density at radius 3 is 2.50 bits per heavy atom. The Labute approximate surface area is 187 Å². The lowest BCUT2D eigenvalue weighted by molar-refractivity contribution is -0.384. The molecule has 4 rings (SSSR count). The third-order valence-corrected chi connectivity index (χ3v) is 5.42. The first kappa shape index (κ1) is 21.2. The van der Waals surface area contributed by atoms with Crippen LogP contribution in [0.2, 0.25) is 0 Å². The number of nitrogens with zero attached hydrogens (tertiary/aromatic N) is 5. The van der Waals surface area contributed by atoms with Crippen LogP contribution in [0.3, 0.4) is 0 Å². The Morgan fingerprint density at radius 2 is 1.81 bits per heavy atom. The first-order valence-corrected chi connectivity index (χ1v) is 10.7. The molecule has 0 aliphatic carbocycles. The number of hydrogen-bond acceptors (Lipinski definition) is 7. The number of amides is 1. The predicted octanol–water partition coefficient (Wildman–Crippen LogP) is 4.36. The molecule has 0 aliphatic rings. The van der Waals surface area contributed by atoms with Gasteiger partial charge in [0.15, 0.2) is 11.0 Å². The maximum Gasteiger partial charge on any atom is 0.269 e. The molecule has 0 radical (unpaired) electrons. The highest BCUT2D eigenvalue weighted by Gasteiger charge is 2.16. The maximum absolute atomic E-state index is 12.3.